The SMILES string of the molecule is CCC(CCC(C)C1CCC2C3=CCC4C(C)C(OC(=O)CCCC(=O)O)CCC4(C)C3CCC21C)=C(C)C.NC(N)=NCCCC(N)C(=O)O. The molecule has 0 saturated heterocycles. The van der Waals surface area contributed by atoms with Gasteiger partial charge >= 0.3 is 17.9 Å². The van der Waals surface area contributed by atoms with Gasteiger partial charge in [0.25, 0.3) is 0 Å². The number of hydrogen-bond donors (Lipinski definition) is 5. The van der Waals surface area contributed by atoms with E-state index in [-0.39, 0.29) is 30.9 Å². The average molecular weight is 715 g/mol. The third-order valence-corrected chi connectivity index (χ3v) is 13.7. The summed E-state index contributed by atoms with van der Waals surface area (Å²) in [6.07, 6.45) is 16.6. The molecule has 0 radical (unpaired) electrons. The summed E-state index contributed by atoms with van der Waals surface area (Å²) < 4.78 is 5.95. The second-order valence-corrected chi connectivity index (χ2v) is 16.9. The van der Waals surface area contributed by atoms with Gasteiger partial charge in [0.15, 0.2) is 5.96 Å². The molecular weight excluding hydrogens is 644 g/mol. The average Bonchev–Trinajstić information content (AvgIpc) is 3.42. The Morgan fingerprint density at radius 1 is 0.961 bits per heavy atom. The second kappa shape index (κ2) is 18.7. The molecule has 10 nitrogen and oxygen atoms in total. The van der Waals surface area contributed by atoms with E-state index in [4.69, 9.17) is 32.2 Å². The van der Waals surface area contributed by atoms with Crippen molar-refractivity contribution < 1.29 is 29.3 Å². The Hall–Kier alpha value is -2.88. The molecule has 290 valence electrons. The normalized spacial score (nSPS) is 32.0. The zero-order chi connectivity index (χ0) is 38.1. The monoisotopic (exact) mass is 715 g/mol. The van der Waals surface area contributed by atoms with E-state index in [1.165, 1.54) is 50.5 Å². The topological polar surface area (TPSA) is 191 Å². The number of fused-ring (bicyclic) bond motifs is 5. The third-order valence-electron chi connectivity index (χ3n) is 13.7. The number of allylic oxidation sites excluding steroid dienone is 4. The highest BCUT2D eigenvalue weighted by Gasteiger charge is 2.59. The minimum absolute atomic E-state index is 0.0129. The molecule has 10 heteroatoms. The number of rotatable bonds is 15. The summed E-state index contributed by atoms with van der Waals surface area (Å²) in [5.41, 5.74) is 21.0. The van der Waals surface area contributed by atoms with E-state index in [1.807, 2.05) is 0 Å². The second-order valence-electron chi connectivity index (χ2n) is 16.9. The van der Waals surface area contributed by atoms with Crippen LogP contribution in [0.1, 0.15) is 145 Å². The molecule has 4 rings (SSSR count). The van der Waals surface area contributed by atoms with E-state index >= 15 is 0 Å². The maximum atomic E-state index is 12.5. The van der Waals surface area contributed by atoms with Gasteiger partial charge in [-0.25, -0.2) is 0 Å². The van der Waals surface area contributed by atoms with E-state index in [1.54, 1.807) is 11.1 Å². The summed E-state index contributed by atoms with van der Waals surface area (Å²) in [6.45, 7) is 17.3. The minimum atomic E-state index is -1.00. The Morgan fingerprint density at radius 3 is 2.24 bits per heavy atom. The van der Waals surface area contributed by atoms with Gasteiger partial charge in [0.2, 0.25) is 0 Å². The van der Waals surface area contributed by atoms with Gasteiger partial charge in [0.05, 0.1) is 0 Å². The number of carboxylic acid groups (broad SMARTS) is 2. The number of ether oxygens (including phenoxy) is 1. The molecule has 10 atom stereocenters. The number of aliphatic carboxylic acids is 2. The van der Waals surface area contributed by atoms with E-state index < -0.39 is 18.0 Å². The summed E-state index contributed by atoms with van der Waals surface area (Å²) in [5, 5.41) is 17.2. The van der Waals surface area contributed by atoms with Crippen LogP contribution in [0, 0.1) is 46.3 Å². The fourth-order valence-corrected chi connectivity index (χ4v) is 10.7. The summed E-state index contributed by atoms with van der Waals surface area (Å²) in [6, 6.07) is -0.820. The van der Waals surface area contributed by atoms with Gasteiger partial charge in [-0.05, 0) is 144 Å². The van der Waals surface area contributed by atoms with Crippen molar-refractivity contribution in [2.45, 2.75) is 157 Å². The van der Waals surface area contributed by atoms with Gasteiger partial charge in [-0.15, -0.1) is 0 Å². The lowest BCUT2D eigenvalue weighted by atomic mass is 9.46. The molecule has 3 saturated carbocycles. The number of esters is 1. The van der Waals surface area contributed by atoms with Crippen LogP contribution in [0.15, 0.2) is 27.8 Å². The van der Waals surface area contributed by atoms with Gasteiger partial charge < -0.3 is 32.2 Å². The molecule has 0 amide bonds. The summed E-state index contributed by atoms with van der Waals surface area (Å²) >= 11 is 0. The lowest BCUT2D eigenvalue weighted by Crippen LogP contribution is -2.53. The Morgan fingerprint density at radius 2 is 1.63 bits per heavy atom. The quantitative estimate of drug-likeness (QED) is 0.0374. The number of carboxylic acids is 2. The van der Waals surface area contributed by atoms with Crippen LogP contribution < -0.4 is 17.2 Å². The molecule has 0 aromatic rings. The van der Waals surface area contributed by atoms with E-state index in [2.05, 4.69) is 59.5 Å². The first-order valence-corrected chi connectivity index (χ1v) is 19.8. The molecule has 4 aliphatic rings. The molecule has 4 aliphatic carbocycles. The van der Waals surface area contributed by atoms with Crippen molar-refractivity contribution in [3.05, 3.63) is 22.8 Å². The fourth-order valence-electron chi connectivity index (χ4n) is 10.7. The zero-order valence-electron chi connectivity index (χ0n) is 32.7. The Bertz CT molecular complexity index is 1300. The number of nitrogens with zero attached hydrogens (tertiary/aromatic N) is 1. The summed E-state index contributed by atoms with van der Waals surface area (Å²) in [5.74, 6) is 1.87. The standard InChI is InChI=1S/C35H56O4.C6H14N4O2/c1-8-25(22(2)3)13-12-23(4)27-16-17-29-26-14-15-28-24(5)31(39-33(38)11-9-10-32(36)37)19-21-35(28,7)30(26)18-20-34(27,29)6;7-4(5(11)12)2-1-3-10-6(8)9/h14,23-24,27-31H,8-13,15-21H2,1-7H3,(H,36,37);4H,1-3,7H2,(H,11,12)(H4,8,9,10). The Kier molecular flexibility index (Phi) is 15.6. The highest BCUT2D eigenvalue weighted by atomic mass is 16.5. The van der Waals surface area contributed by atoms with Crippen LogP contribution in [0.2, 0.25) is 0 Å². The van der Waals surface area contributed by atoms with Gasteiger partial charge in [-0.2, -0.15) is 0 Å². The highest BCUT2D eigenvalue weighted by Crippen LogP contribution is 2.67. The number of hydrogen-bond acceptors (Lipinski definition) is 6. The molecule has 0 aromatic carbocycles. The highest BCUT2D eigenvalue weighted by molar-refractivity contribution is 5.75. The van der Waals surface area contributed by atoms with Gasteiger partial charge in [-0.1, -0.05) is 57.4 Å². The first-order valence-electron chi connectivity index (χ1n) is 19.8. The van der Waals surface area contributed by atoms with Crippen molar-refractivity contribution in [3.8, 4) is 0 Å². The largest absolute Gasteiger partial charge is 0.481 e. The Labute approximate surface area is 307 Å². The first-order chi connectivity index (χ1) is 24.0. The van der Waals surface area contributed by atoms with Crippen LogP contribution >= 0.6 is 0 Å². The van der Waals surface area contributed by atoms with Crippen LogP contribution in [0.3, 0.4) is 0 Å². The van der Waals surface area contributed by atoms with Crippen molar-refractivity contribution in [2.75, 3.05) is 6.54 Å². The molecule has 0 heterocycles. The van der Waals surface area contributed by atoms with Crippen molar-refractivity contribution in [1.82, 2.24) is 0 Å². The molecule has 8 N–H and O–H groups in total. The molecule has 10 unspecified atom stereocenters. The maximum absolute atomic E-state index is 12.5. The Balaban J connectivity index is 0.000000501. The smallest absolute Gasteiger partial charge is 0.320 e. The fraction of sp³-hybridized carbons (Fsp3) is 0.805. The van der Waals surface area contributed by atoms with E-state index in [0.717, 1.165) is 37.0 Å². The van der Waals surface area contributed by atoms with E-state index in [9.17, 15) is 14.4 Å². The van der Waals surface area contributed by atoms with Crippen LogP contribution in [-0.2, 0) is 19.1 Å². The zero-order valence-corrected chi connectivity index (χ0v) is 32.7. The van der Waals surface area contributed by atoms with Crippen LogP contribution in [0.25, 0.3) is 0 Å². The first kappa shape index (κ1) is 42.5. The number of carbonyl (C=O) groups excluding carboxylic acids is 1. The molecule has 0 spiro atoms. The molecule has 3 fully saturated rings. The summed E-state index contributed by atoms with van der Waals surface area (Å²) in [7, 11) is 0. The molecule has 0 bridgehead atoms. The lowest BCUT2D eigenvalue weighted by molar-refractivity contribution is -0.161. The van der Waals surface area contributed by atoms with Gasteiger partial charge in [0, 0.05) is 19.4 Å². The summed E-state index contributed by atoms with van der Waals surface area (Å²) in [4.78, 5) is 37.2. The molecular formula is C41H70N4O6. The maximum Gasteiger partial charge on any atom is 0.320 e. The van der Waals surface area contributed by atoms with Crippen LogP contribution in [-0.4, -0.2) is 52.8 Å². The lowest BCUT2D eigenvalue weighted by Gasteiger charge is -2.59. The number of guanidine groups is 1. The third kappa shape index (κ3) is 10.6. The van der Waals surface area contributed by atoms with Gasteiger partial charge in [0.1, 0.15) is 12.1 Å². The number of nitrogens with two attached hydrogens (primary N) is 3. The van der Waals surface area contributed by atoms with Crippen molar-refractivity contribution >= 4 is 23.9 Å². The van der Waals surface area contributed by atoms with Gasteiger partial charge in [-0.3, -0.25) is 19.4 Å². The van der Waals surface area contributed by atoms with Crippen molar-refractivity contribution in [3.63, 3.8) is 0 Å². The predicted molar refractivity (Wildman–Crippen MR) is 204 cm³/mol. The van der Waals surface area contributed by atoms with E-state index in [0.29, 0.717) is 54.4 Å². The van der Waals surface area contributed by atoms with Crippen molar-refractivity contribution in [1.29, 1.82) is 0 Å². The minimum Gasteiger partial charge on any atom is -0.481 e. The van der Waals surface area contributed by atoms with Crippen LogP contribution in [0.5, 0.6) is 0 Å². The molecule has 51 heavy (non-hydrogen) atoms. The van der Waals surface area contributed by atoms with Crippen LogP contribution in [0.4, 0.5) is 0 Å². The number of aliphatic imine (C=N–C) groups is 1. The molecule has 0 aromatic heterocycles. The van der Waals surface area contributed by atoms with Crippen molar-refractivity contribution in [2.24, 2.45) is 68.5 Å². The molecule has 0 aliphatic heterocycles. The predicted octanol–water partition coefficient (Wildman–Crippen LogP) is 7.59. The number of carbonyl (C=O) groups is 3.